The smallest absolute Gasteiger partial charge is 0.314 e. The van der Waals surface area contributed by atoms with Crippen LogP contribution in [0.15, 0.2) is 41.3 Å². The summed E-state index contributed by atoms with van der Waals surface area (Å²) in [4.78, 5) is 49.3. The number of benzene rings is 2. The maximum Gasteiger partial charge on any atom is 0.314 e. The van der Waals surface area contributed by atoms with Crippen LogP contribution >= 0.6 is 11.6 Å². The zero-order chi connectivity index (χ0) is 29.1. The first-order valence-electron chi connectivity index (χ1n) is 14.4. The van der Waals surface area contributed by atoms with Crippen molar-refractivity contribution >= 4 is 50.7 Å². The Morgan fingerprint density at radius 1 is 1.05 bits per heavy atom. The number of halogens is 1. The lowest BCUT2D eigenvalue weighted by molar-refractivity contribution is -0.164. The molecule has 10 nitrogen and oxygen atoms in total. The molecule has 2 aromatic carbocycles. The quantitative estimate of drug-likeness (QED) is 0.302. The van der Waals surface area contributed by atoms with Crippen LogP contribution in [0.4, 0.5) is 0 Å². The van der Waals surface area contributed by atoms with Gasteiger partial charge in [-0.1, -0.05) is 23.7 Å². The van der Waals surface area contributed by atoms with E-state index < -0.39 is 28.0 Å². The third kappa shape index (κ3) is 6.23. The standard InChI is InChI=1S/C29H37ClN4O6S/c1-21(28(36)33-15-3-2-6-25(33)11-16-31-13-4-5-14-31)32-17-12-27(29(32)37)34(40-20-35)41(38,39)26-10-8-22-18-24(30)9-7-23(22)19-26/h7-10,18-21,25,27H,2-6,11-17H2,1H3/t21-,25?,27-/m0/s1. The van der Waals surface area contributed by atoms with E-state index in [2.05, 4.69) is 4.90 Å². The molecule has 2 amide bonds. The Morgan fingerprint density at radius 2 is 1.76 bits per heavy atom. The van der Waals surface area contributed by atoms with Gasteiger partial charge in [0.1, 0.15) is 12.1 Å². The first-order chi connectivity index (χ1) is 19.7. The number of fused-ring (bicyclic) bond motifs is 1. The first-order valence-corrected chi connectivity index (χ1v) is 16.2. The minimum absolute atomic E-state index is 0.00158. The summed E-state index contributed by atoms with van der Waals surface area (Å²) in [6.07, 6.45) is 6.38. The highest BCUT2D eigenvalue weighted by molar-refractivity contribution is 7.89. The van der Waals surface area contributed by atoms with Crippen molar-refractivity contribution in [1.29, 1.82) is 0 Å². The van der Waals surface area contributed by atoms with Crippen molar-refractivity contribution in [2.24, 2.45) is 0 Å². The average Bonchev–Trinajstić information content (AvgIpc) is 3.63. The molecule has 3 atom stereocenters. The zero-order valence-electron chi connectivity index (χ0n) is 23.3. The van der Waals surface area contributed by atoms with Crippen molar-refractivity contribution in [2.45, 2.75) is 74.9 Å². The summed E-state index contributed by atoms with van der Waals surface area (Å²) < 4.78 is 27.7. The van der Waals surface area contributed by atoms with Gasteiger partial charge >= 0.3 is 6.47 Å². The highest BCUT2D eigenvalue weighted by Crippen LogP contribution is 2.30. The molecule has 2 aromatic rings. The van der Waals surface area contributed by atoms with Gasteiger partial charge in [0.15, 0.2) is 0 Å². The van der Waals surface area contributed by atoms with Crippen molar-refractivity contribution in [3.63, 3.8) is 0 Å². The second-order valence-electron chi connectivity index (χ2n) is 11.1. The third-order valence-electron chi connectivity index (χ3n) is 8.63. The Balaban J connectivity index is 1.31. The van der Waals surface area contributed by atoms with E-state index in [4.69, 9.17) is 16.4 Å². The van der Waals surface area contributed by atoms with Gasteiger partial charge in [0.25, 0.3) is 10.0 Å². The lowest BCUT2D eigenvalue weighted by Gasteiger charge is -2.39. The molecule has 0 saturated carbocycles. The van der Waals surface area contributed by atoms with Crippen LogP contribution in [-0.2, 0) is 29.2 Å². The largest absolute Gasteiger partial charge is 0.355 e. The van der Waals surface area contributed by atoms with Gasteiger partial charge in [0, 0.05) is 30.7 Å². The lowest BCUT2D eigenvalue weighted by Crippen LogP contribution is -2.54. The number of nitrogens with zero attached hydrogens (tertiary/aromatic N) is 4. The zero-order valence-corrected chi connectivity index (χ0v) is 24.9. The number of rotatable bonds is 10. The molecule has 0 aromatic heterocycles. The molecule has 5 rings (SSSR count). The van der Waals surface area contributed by atoms with E-state index in [1.54, 1.807) is 31.2 Å². The van der Waals surface area contributed by atoms with E-state index in [0.29, 0.717) is 21.4 Å². The van der Waals surface area contributed by atoms with Gasteiger partial charge in [-0.05, 0) is 104 Å². The molecular formula is C29H37ClN4O6S. The van der Waals surface area contributed by atoms with Crippen LogP contribution < -0.4 is 0 Å². The van der Waals surface area contributed by atoms with Crippen LogP contribution in [0.2, 0.25) is 5.02 Å². The summed E-state index contributed by atoms with van der Waals surface area (Å²) in [5, 5.41) is 1.88. The van der Waals surface area contributed by atoms with Gasteiger partial charge in [-0.3, -0.25) is 14.4 Å². The fourth-order valence-electron chi connectivity index (χ4n) is 6.37. The molecule has 1 unspecified atom stereocenters. The number of hydrogen-bond acceptors (Lipinski definition) is 7. The van der Waals surface area contributed by atoms with E-state index >= 15 is 0 Å². The first kappa shape index (κ1) is 29.8. The summed E-state index contributed by atoms with van der Waals surface area (Å²) in [5.41, 5.74) is 0. The fourth-order valence-corrected chi connectivity index (χ4v) is 7.95. The average molecular weight is 605 g/mol. The van der Waals surface area contributed by atoms with E-state index in [1.165, 1.54) is 29.9 Å². The van der Waals surface area contributed by atoms with Crippen molar-refractivity contribution in [1.82, 2.24) is 19.2 Å². The number of carbonyl (C=O) groups is 3. The minimum Gasteiger partial charge on any atom is -0.355 e. The van der Waals surface area contributed by atoms with E-state index in [1.807, 2.05) is 4.90 Å². The maximum absolute atomic E-state index is 13.7. The van der Waals surface area contributed by atoms with Gasteiger partial charge < -0.3 is 19.5 Å². The molecule has 3 aliphatic rings. The lowest BCUT2D eigenvalue weighted by atomic mass is 9.98. The van der Waals surface area contributed by atoms with Gasteiger partial charge in [0.05, 0.1) is 4.90 Å². The number of hydrogen-bond donors (Lipinski definition) is 0. The molecule has 0 N–H and O–H groups in total. The fraction of sp³-hybridized carbons (Fsp3) is 0.552. The predicted octanol–water partition coefficient (Wildman–Crippen LogP) is 3.43. The summed E-state index contributed by atoms with van der Waals surface area (Å²) in [6.45, 7) is 5.71. The monoisotopic (exact) mass is 604 g/mol. The highest BCUT2D eigenvalue weighted by Gasteiger charge is 2.47. The number of likely N-dealkylation sites (tertiary alicyclic amines) is 3. The Kier molecular flexibility index (Phi) is 9.18. The van der Waals surface area contributed by atoms with E-state index in [9.17, 15) is 22.8 Å². The molecule has 0 aliphatic carbocycles. The third-order valence-corrected chi connectivity index (χ3v) is 10.5. The van der Waals surface area contributed by atoms with Crippen molar-refractivity contribution in [3.8, 4) is 0 Å². The summed E-state index contributed by atoms with van der Waals surface area (Å²) in [5.74, 6) is -0.682. The van der Waals surface area contributed by atoms with E-state index in [0.717, 1.165) is 50.7 Å². The van der Waals surface area contributed by atoms with Crippen LogP contribution in [0.25, 0.3) is 10.8 Å². The van der Waals surface area contributed by atoms with Gasteiger partial charge in [-0.2, -0.15) is 0 Å². The highest BCUT2D eigenvalue weighted by atomic mass is 35.5. The summed E-state index contributed by atoms with van der Waals surface area (Å²) in [6, 6.07) is 7.59. The Labute approximate surface area is 246 Å². The molecule has 0 bridgehead atoms. The maximum atomic E-state index is 13.7. The summed E-state index contributed by atoms with van der Waals surface area (Å²) >= 11 is 6.05. The van der Waals surface area contributed by atoms with Gasteiger partial charge in [-0.25, -0.2) is 8.42 Å². The molecule has 0 spiro atoms. The molecule has 41 heavy (non-hydrogen) atoms. The van der Waals surface area contributed by atoms with E-state index in [-0.39, 0.29) is 36.3 Å². The number of hydroxylamine groups is 1. The Bertz CT molecular complexity index is 1400. The second kappa shape index (κ2) is 12.6. The van der Waals surface area contributed by atoms with Crippen molar-refractivity contribution in [2.75, 3.05) is 32.7 Å². The normalized spacial score (nSPS) is 23.0. The number of sulfonamides is 1. The van der Waals surface area contributed by atoms with Crippen LogP contribution in [0.5, 0.6) is 0 Å². The van der Waals surface area contributed by atoms with Gasteiger partial charge in [0.2, 0.25) is 11.8 Å². The molecule has 3 fully saturated rings. The van der Waals surface area contributed by atoms with Crippen molar-refractivity contribution in [3.05, 3.63) is 41.4 Å². The molecule has 3 saturated heterocycles. The minimum atomic E-state index is -4.40. The molecule has 3 heterocycles. The van der Waals surface area contributed by atoms with Gasteiger partial charge in [-0.15, -0.1) is 0 Å². The Morgan fingerprint density at radius 3 is 2.51 bits per heavy atom. The molecule has 222 valence electrons. The SMILES string of the molecule is C[C@@H](C(=O)N1CCCCC1CCN1CCCC1)N1CC[C@H](N(OC=O)S(=O)(=O)c2ccc3cc(Cl)ccc3c2)C1=O. The number of piperidine rings is 1. The topological polar surface area (TPSA) is 108 Å². The molecule has 12 heteroatoms. The number of carbonyl (C=O) groups excluding carboxylic acids is 3. The molecular weight excluding hydrogens is 568 g/mol. The predicted molar refractivity (Wildman–Crippen MR) is 154 cm³/mol. The van der Waals surface area contributed by atoms with Crippen LogP contribution in [0.3, 0.4) is 0 Å². The summed E-state index contributed by atoms with van der Waals surface area (Å²) in [7, 11) is -4.40. The number of amides is 2. The van der Waals surface area contributed by atoms with Crippen LogP contribution in [0.1, 0.15) is 51.9 Å². The van der Waals surface area contributed by atoms with Crippen molar-refractivity contribution < 1.29 is 27.6 Å². The van der Waals surface area contributed by atoms with Crippen LogP contribution in [0, 0.1) is 0 Å². The second-order valence-corrected chi connectivity index (χ2v) is 13.4. The van der Waals surface area contributed by atoms with Crippen LogP contribution in [-0.4, -0.2) is 96.7 Å². The Hall–Kier alpha value is -2.73. The molecule has 3 aliphatic heterocycles. The molecule has 0 radical (unpaired) electrons.